The van der Waals surface area contributed by atoms with Crippen LogP contribution in [0.4, 0.5) is 65.2 Å². The SMILES string of the molecule is C=S1(=O)CCC(C(=O)N2CCN(c3cc(C(F)(F)F)on3)CC2c2cccc(F)c2)CC1.C=S1(=O)CCC(C(=O)N2CCN(c3ncc(C(F)(F)F)cn3)CC2c2cccc(C)c2)CC1.C=S1(=O)CCC(C(=O)N2CCN(c3nnc(C(F)(F)F)s3)CC2c2ccccc2F)CC1. The van der Waals surface area contributed by atoms with Crippen LogP contribution in [0.2, 0.25) is 0 Å². The number of hydrogen-bond acceptors (Lipinski definition) is 16. The zero-order chi connectivity index (χ0) is 70.0. The third-order valence-electron chi connectivity index (χ3n) is 18.3. The van der Waals surface area contributed by atoms with Crippen molar-refractivity contribution in [1.29, 1.82) is 0 Å². The van der Waals surface area contributed by atoms with E-state index < -0.39 is 87.1 Å². The van der Waals surface area contributed by atoms with Crippen LogP contribution >= 0.6 is 11.3 Å². The molecule has 3 aromatic carbocycles. The van der Waals surface area contributed by atoms with Crippen LogP contribution < -0.4 is 14.7 Å². The first-order valence-electron chi connectivity index (χ1n) is 31.2. The van der Waals surface area contributed by atoms with Crippen LogP contribution in [0.5, 0.6) is 0 Å². The Morgan fingerprint density at radius 3 is 1.46 bits per heavy atom. The number of piperazine rings is 3. The molecule has 9 heterocycles. The summed E-state index contributed by atoms with van der Waals surface area (Å²) >= 11 is 0.428. The van der Waals surface area contributed by atoms with E-state index in [-0.39, 0.29) is 97.7 Å². The number of rotatable bonds is 9. The fourth-order valence-corrected chi connectivity index (χ4v) is 18.5. The van der Waals surface area contributed by atoms with Gasteiger partial charge in [-0.25, -0.2) is 18.7 Å². The van der Waals surface area contributed by atoms with Gasteiger partial charge >= 0.3 is 18.5 Å². The summed E-state index contributed by atoms with van der Waals surface area (Å²) in [5, 5.41) is 9.48. The summed E-state index contributed by atoms with van der Waals surface area (Å²) in [6.07, 6.45) is -9.19. The number of nitrogens with zero attached hydrogens (tertiary/aromatic N) is 11. The van der Waals surface area contributed by atoms with Gasteiger partial charge in [0.15, 0.2) is 5.82 Å². The van der Waals surface area contributed by atoms with Crippen LogP contribution in [0.15, 0.2) is 95.8 Å². The number of aromatic nitrogens is 5. The summed E-state index contributed by atoms with van der Waals surface area (Å²) in [6.45, 7) is 4.33. The predicted molar refractivity (Wildman–Crippen MR) is 351 cm³/mol. The summed E-state index contributed by atoms with van der Waals surface area (Å²) in [5.41, 5.74) is 1.95. The van der Waals surface area contributed by atoms with Gasteiger partial charge in [-0.15, -0.1) is 10.2 Å². The van der Waals surface area contributed by atoms with Crippen LogP contribution in [-0.2, 0) is 61.5 Å². The van der Waals surface area contributed by atoms with Gasteiger partial charge in [-0.3, -0.25) is 27.0 Å². The van der Waals surface area contributed by atoms with E-state index in [1.807, 2.05) is 41.0 Å². The van der Waals surface area contributed by atoms with Gasteiger partial charge in [0.2, 0.25) is 39.6 Å². The Morgan fingerprint density at radius 1 is 0.536 bits per heavy atom. The molecule has 12 rings (SSSR count). The van der Waals surface area contributed by atoms with Crippen molar-refractivity contribution in [2.24, 2.45) is 17.8 Å². The van der Waals surface area contributed by atoms with Crippen molar-refractivity contribution in [3.8, 4) is 0 Å². The number of alkyl halides is 9. The fraction of sp³-hybridized carbons (Fsp3) is 0.484. The summed E-state index contributed by atoms with van der Waals surface area (Å²) in [7, 11) is -6.38. The molecule has 3 aromatic heterocycles. The smallest absolute Gasteiger partial charge is 0.350 e. The molecular weight excluding hydrogens is 1370 g/mol. The standard InChI is InChI=1S/C23H27F3N4O2S.C21H23F4N3O3S.C20H22F4N4O2S2/c1-16-4-3-5-18(12-16)20-15-29(22-27-13-19(14-28-22)23(24,25)26)8-9-30(20)21(31)17-6-10-33(2,32)11-7-17;1-32(30)9-5-14(6-10-32)20(29)28-8-7-27(19-12-18(31-26-19)21(23,24)25)13-17(28)15-3-2-4-16(22)11-15;1-32(30)10-6-13(7-11-32)17(29)28-9-8-27(19-26-25-18(31-19)20(22,23)24)12-16(28)14-4-2-3-5-15(14)21/h3-5,12-14,17,20H,2,6-11,15H2,1H3;2-4,11-12,14,17H,1,5-10,13H2;2-5,13,16H,1,6-12H2. The van der Waals surface area contributed by atoms with E-state index in [2.05, 4.69) is 47.5 Å². The van der Waals surface area contributed by atoms with E-state index in [1.165, 1.54) is 30.3 Å². The minimum absolute atomic E-state index is 0.0142. The number of anilines is 3. The number of carbonyl (C=O) groups excluding carboxylic acids is 3. The quantitative estimate of drug-likeness (QED) is 0.0978. The summed E-state index contributed by atoms with van der Waals surface area (Å²) < 4.78 is 186. The maximum absolute atomic E-state index is 14.7. The molecule has 3 unspecified atom stereocenters. The summed E-state index contributed by atoms with van der Waals surface area (Å²) in [6, 6.07) is 19.0. The fourth-order valence-electron chi connectivity index (χ4n) is 12.8. The Bertz CT molecular complexity index is 4120. The third-order valence-corrected chi connectivity index (χ3v) is 25.2. The number of carbonyl (C=O) groups is 3. The highest BCUT2D eigenvalue weighted by Gasteiger charge is 2.44. The van der Waals surface area contributed by atoms with Gasteiger partial charge in [0.1, 0.15) is 11.6 Å². The molecule has 6 aromatic rings. The molecule has 0 bridgehead atoms. The lowest BCUT2D eigenvalue weighted by molar-refractivity contribution is -0.155. The van der Waals surface area contributed by atoms with E-state index in [0.717, 1.165) is 29.6 Å². The molecule has 6 aliphatic rings. The molecule has 3 atom stereocenters. The largest absolute Gasteiger partial charge is 0.452 e. The maximum atomic E-state index is 14.7. The average Bonchev–Trinajstić information content (AvgIpc) is 1.25. The molecule has 18 nitrogen and oxygen atoms in total. The number of hydrogen-bond donors (Lipinski definition) is 0. The van der Waals surface area contributed by atoms with E-state index in [0.29, 0.717) is 115 Å². The molecule has 0 aliphatic carbocycles. The highest BCUT2D eigenvalue weighted by molar-refractivity contribution is 8.00. The van der Waals surface area contributed by atoms with Crippen molar-refractivity contribution in [3.05, 3.63) is 141 Å². The Labute approximate surface area is 558 Å². The first-order chi connectivity index (χ1) is 45.6. The lowest BCUT2D eigenvalue weighted by atomic mass is 9.95. The highest BCUT2D eigenvalue weighted by Crippen LogP contribution is 2.40. The molecule has 3 amide bonds. The third kappa shape index (κ3) is 17.9. The maximum Gasteiger partial charge on any atom is 0.452 e. The van der Waals surface area contributed by atoms with Gasteiger partial charge in [0, 0.05) is 135 Å². The van der Waals surface area contributed by atoms with Crippen LogP contribution in [0, 0.1) is 36.3 Å². The minimum atomic E-state index is -4.65. The molecular formula is C64H72F11N11O7S4. The van der Waals surface area contributed by atoms with Crippen molar-refractivity contribution in [2.45, 2.75) is 82.1 Å². The molecule has 6 aliphatic heterocycles. The lowest BCUT2D eigenvalue weighted by Gasteiger charge is -2.43. The number of halogens is 11. The number of amides is 3. The van der Waals surface area contributed by atoms with Crippen LogP contribution in [0.25, 0.3) is 0 Å². The van der Waals surface area contributed by atoms with E-state index in [1.54, 1.807) is 37.8 Å². The Kier molecular flexibility index (Phi) is 21.8. The Hall–Kier alpha value is -7.39. The second kappa shape index (κ2) is 29.2. The zero-order valence-electron chi connectivity index (χ0n) is 52.7. The summed E-state index contributed by atoms with van der Waals surface area (Å²) in [4.78, 5) is 58.2. The van der Waals surface area contributed by atoms with Crippen molar-refractivity contribution in [3.63, 3.8) is 0 Å². The first kappa shape index (κ1) is 72.4. The molecule has 6 saturated heterocycles. The van der Waals surface area contributed by atoms with E-state index in [4.69, 9.17) is 0 Å². The second-order valence-corrected chi connectivity index (χ2v) is 34.3. The monoisotopic (exact) mass is 1440 g/mol. The van der Waals surface area contributed by atoms with Gasteiger partial charge in [-0.05, 0) is 121 Å². The molecule has 0 radical (unpaired) electrons. The van der Waals surface area contributed by atoms with Crippen LogP contribution in [0.1, 0.15) is 95.2 Å². The molecule has 0 spiro atoms. The molecule has 33 heteroatoms. The van der Waals surface area contributed by atoms with Gasteiger partial charge in [0.25, 0.3) is 0 Å². The highest BCUT2D eigenvalue weighted by atomic mass is 32.2. The van der Waals surface area contributed by atoms with E-state index in [9.17, 15) is 75.3 Å². The Morgan fingerprint density at radius 2 is 1.00 bits per heavy atom. The predicted octanol–water partition coefficient (Wildman–Crippen LogP) is 9.88. The molecule has 6 fully saturated rings. The van der Waals surface area contributed by atoms with Crippen LogP contribution in [-0.4, -0.2) is 181 Å². The van der Waals surface area contributed by atoms with Crippen molar-refractivity contribution in [1.82, 2.24) is 40.0 Å². The van der Waals surface area contributed by atoms with Gasteiger partial charge in [-0.1, -0.05) is 76.7 Å². The molecule has 0 saturated carbocycles. The first-order valence-corrected chi connectivity index (χ1v) is 38.2. The number of benzene rings is 3. The van der Waals surface area contributed by atoms with Gasteiger partial charge < -0.3 is 33.9 Å². The van der Waals surface area contributed by atoms with Gasteiger partial charge in [0.05, 0.1) is 23.7 Å². The lowest BCUT2D eigenvalue weighted by Crippen LogP contribution is -2.53. The van der Waals surface area contributed by atoms with Crippen molar-refractivity contribution >= 4 is 92.1 Å². The normalized spacial score (nSPS) is 26.7. The molecule has 97 heavy (non-hydrogen) atoms. The molecule has 526 valence electrons. The topological polar surface area (TPSA) is 199 Å². The second-order valence-electron chi connectivity index (χ2n) is 25.1. The number of aryl methyl sites for hydroxylation is 1. The average molecular weight is 1440 g/mol. The Balaban J connectivity index is 0.000000158. The van der Waals surface area contributed by atoms with E-state index >= 15 is 0 Å². The molecule has 0 N–H and O–H groups in total. The van der Waals surface area contributed by atoms with Gasteiger partial charge in [-0.2, -0.15) is 39.5 Å². The minimum Gasteiger partial charge on any atom is -0.350 e. The zero-order valence-corrected chi connectivity index (χ0v) is 55.9. The van der Waals surface area contributed by atoms with Crippen LogP contribution in [0.3, 0.4) is 0 Å². The van der Waals surface area contributed by atoms with Crippen molar-refractivity contribution in [2.75, 3.05) is 108 Å². The van der Waals surface area contributed by atoms with Crippen molar-refractivity contribution < 1.29 is 79.8 Å². The summed E-state index contributed by atoms with van der Waals surface area (Å²) in [5.74, 6) is 10.7.